The van der Waals surface area contributed by atoms with E-state index in [0.717, 1.165) is 0 Å². The highest BCUT2D eigenvalue weighted by Gasteiger charge is 2.58. The number of imide groups is 2. The lowest BCUT2D eigenvalue weighted by Gasteiger charge is -2.44. The van der Waals surface area contributed by atoms with Gasteiger partial charge in [-0.15, -0.1) is 0 Å². The second-order valence-corrected chi connectivity index (χ2v) is 10.6. The van der Waals surface area contributed by atoms with Crippen molar-refractivity contribution >= 4 is 23.6 Å². The monoisotopic (exact) mass is 492 g/mol. The minimum Gasteiger partial charge on any atom is -0.497 e. The topological polar surface area (TPSA) is 107 Å². The van der Waals surface area contributed by atoms with Crippen LogP contribution in [-0.2, 0) is 20.4 Å². The lowest BCUT2D eigenvalue weighted by molar-refractivity contribution is -0.776. The molecule has 2 aliphatic rings. The zero-order valence-corrected chi connectivity index (χ0v) is 21.6. The van der Waals surface area contributed by atoms with E-state index in [0.29, 0.717) is 41.0 Å². The van der Waals surface area contributed by atoms with Crippen LogP contribution >= 0.6 is 0 Å². The Balaban J connectivity index is 1.75. The van der Waals surface area contributed by atoms with Gasteiger partial charge < -0.3 is 10.5 Å². The summed E-state index contributed by atoms with van der Waals surface area (Å²) in [7, 11) is 1.52. The van der Waals surface area contributed by atoms with Gasteiger partial charge in [-0.1, -0.05) is 24.3 Å². The number of carbonyl (C=O) groups excluding carboxylic acids is 4. The maximum absolute atomic E-state index is 14.0. The number of carbonyl (C=O) groups is 4. The fraction of sp³-hybridized carbons (Fsp3) is 0.429. The molecule has 4 amide bonds. The van der Waals surface area contributed by atoms with Crippen molar-refractivity contribution in [2.75, 3.05) is 33.3 Å². The lowest BCUT2D eigenvalue weighted by Crippen LogP contribution is -2.68. The Labute approximate surface area is 211 Å². The van der Waals surface area contributed by atoms with Crippen LogP contribution in [0.4, 0.5) is 0 Å². The zero-order valence-electron chi connectivity index (χ0n) is 21.6. The molecule has 2 aromatic rings. The van der Waals surface area contributed by atoms with Gasteiger partial charge in [0.1, 0.15) is 17.7 Å². The molecular weight excluding hydrogens is 458 g/mol. The number of amides is 4. The van der Waals surface area contributed by atoms with Crippen LogP contribution in [-0.4, -0.2) is 66.3 Å². The van der Waals surface area contributed by atoms with Crippen LogP contribution in [0.15, 0.2) is 42.5 Å². The Kier molecular flexibility index (Phi) is 6.39. The van der Waals surface area contributed by atoms with Crippen LogP contribution in [0, 0.1) is 0 Å². The highest BCUT2D eigenvalue weighted by molar-refractivity contribution is 6.13. The predicted octanol–water partition coefficient (Wildman–Crippen LogP) is 2.78. The first-order valence-electron chi connectivity index (χ1n) is 12.2. The molecular formula is C28H34N3O5+. The molecule has 2 heterocycles. The molecule has 190 valence electrons. The van der Waals surface area contributed by atoms with Crippen molar-refractivity contribution in [3.8, 4) is 5.75 Å². The Morgan fingerprint density at radius 1 is 0.889 bits per heavy atom. The predicted molar refractivity (Wildman–Crippen MR) is 135 cm³/mol. The average Bonchev–Trinajstić information content (AvgIpc) is 2.87. The minimum atomic E-state index is -0.959. The summed E-state index contributed by atoms with van der Waals surface area (Å²) < 4.78 is 4.82. The second kappa shape index (κ2) is 8.94. The highest BCUT2D eigenvalue weighted by atomic mass is 16.5. The Morgan fingerprint density at radius 2 is 1.56 bits per heavy atom. The second-order valence-electron chi connectivity index (χ2n) is 10.6. The molecule has 1 unspecified atom stereocenters. The van der Waals surface area contributed by atoms with Crippen molar-refractivity contribution < 1.29 is 28.4 Å². The van der Waals surface area contributed by atoms with Gasteiger partial charge in [-0.3, -0.25) is 14.5 Å². The number of quaternary nitrogens is 1. The fourth-order valence-corrected chi connectivity index (χ4v) is 5.60. The van der Waals surface area contributed by atoms with E-state index in [1.54, 1.807) is 44.2 Å². The third kappa shape index (κ3) is 3.67. The van der Waals surface area contributed by atoms with Crippen LogP contribution in [0.3, 0.4) is 0 Å². The fourth-order valence-electron chi connectivity index (χ4n) is 5.60. The molecule has 2 aliphatic heterocycles. The molecule has 36 heavy (non-hydrogen) atoms. The standard InChI is InChI=1S/C28H34N3O5/c1-27(2)22-12-11-18(36-5)17-20(22)23(32)30(25(27)34)14-16-31(15-8-13-29)24(33)19-9-6-7-10-21(19)28(3,4)26(31)35/h6-7,9-12,17H,8,13-16,29H2,1-5H3/q+1. The molecule has 0 radical (unpaired) electrons. The summed E-state index contributed by atoms with van der Waals surface area (Å²) in [6.45, 7) is 7.61. The highest BCUT2D eigenvalue weighted by Crippen LogP contribution is 2.40. The van der Waals surface area contributed by atoms with E-state index in [9.17, 15) is 19.2 Å². The molecule has 1 atom stereocenters. The number of rotatable bonds is 7. The van der Waals surface area contributed by atoms with Gasteiger partial charge in [0, 0.05) is 12.0 Å². The normalized spacial score (nSPS) is 22.3. The van der Waals surface area contributed by atoms with Crippen molar-refractivity contribution in [3.63, 3.8) is 0 Å². The molecule has 0 bridgehead atoms. The van der Waals surface area contributed by atoms with E-state index < -0.39 is 21.2 Å². The maximum Gasteiger partial charge on any atom is 0.353 e. The van der Waals surface area contributed by atoms with Gasteiger partial charge in [0.25, 0.3) is 5.91 Å². The van der Waals surface area contributed by atoms with Gasteiger partial charge in [-0.2, -0.15) is 4.48 Å². The summed E-state index contributed by atoms with van der Waals surface area (Å²) in [6, 6.07) is 12.3. The number of nitrogens with two attached hydrogens (primary N) is 1. The van der Waals surface area contributed by atoms with E-state index in [1.807, 2.05) is 26.0 Å². The van der Waals surface area contributed by atoms with Gasteiger partial charge in [-0.05, 0) is 63.6 Å². The number of nitrogens with zero attached hydrogens (tertiary/aromatic N) is 2. The summed E-state index contributed by atoms with van der Waals surface area (Å²) in [5.41, 5.74) is 6.10. The average molecular weight is 493 g/mol. The van der Waals surface area contributed by atoms with Gasteiger partial charge in [0.05, 0.1) is 31.2 Å². The van der Waals surface area contributed by atoms with Crippen LogP contribution in [0.5, 0.6) is 5.75 Å². The summed E-state index contributed by atoms with van der Waals surface area (Å²) in [4.78, 5) is 56.1. The van der Waals surface area contributed by atoms with E-state index in [1.165, 1.54) is 12.0 Å². The van der Waals surface area contributed by atoms with E-state index in [2.05, 4.69) is 0 Å². The molecule has 2 N–H and O–H groups in total. The van der Waals surface area contributed by atoms with Crippen molar-refractivity contribution in [1.29, 1.82) is 0 Å². The summed E-state index contributed by atoms with van der Waals surface area (Å²) >= 11 is 0. The SMILES string of the molecule is COc1ccc2c(c1)C(=O)N(CC[N+]1(CCCN)C(=O)c3ccccc3C(C)(C)C1=O)C(=O)C2(C)C. The quantitative estimate of drug-likeness (QED) is 0.471. The number of benzene rings is 2. The van der Waals surface area contributed by atoms with Gasteiger partial charge in [0.15, 0.2) is 0 Å². The first-order valence-corrected chi connectivity index (χ1v) is 12.2. The Hall–Kier alpha value is -3.36. The molecule has 8 nitrogen and oxygen atoms in total. The Morgan fingerprint density at radius 3 is 2.22 bits per heavy atom. The van der Waals surface area contributed by atoms with E-state index >= 15 is 0 Å². The molecule has 0 aliphatic carbocycles. The molecule has 2 aromatic carbocycles. The summed E-state index contributed by atoms with van der Waals surface area (Å²) in [5.74, 6) is -0.877. The van der Waals surface area contributed by atoms with E-state index in [4.69, 9.17) is 10.5 Å². The summed E-state index contributed by atoms with van der Waals surface area (Å²) in [6.07, 6.45) is 0.448. The number of ether oxygens (including phenoxy) is 1. The molecule has 4 rings (SSSR count). The molecule has 0 spiro atoms. The van der Waals surface area contributed by atoms with Gasteiger partial charge in [-0.25, -0.2) is 9.59 Å². The maximum atomic E-state index is 14.0. The third-order valence-corrected chi connectivity index (χ3v) is 7.75. The largest absolute Gasteiger partial charge is 0.497 e. The van der Waals surface area contributed by atoms with Gasteiger partial charge in [0.2, 0.25) is 5.91 Å². The van der Waals surface area contributed by atoms with Crippen LogP contribution in [0.25, 0.3) is 0 Å². The van der Waals surface area contributed by atoms with Crippen molar-refractivity contribution in [3.05, 3.63) is 64.7 Å². The minimum absolute atomic E-state index is 0.0116. The van der Waals surface area contributed by atoms with Gasteiger partial charge >= 0.3 is 11.8 Å². The number of methoxy groups -OCH3 is 1. The Bertz CT molecular complexity index is 1270. The number of hydrogen-bond donors (Lipinski definition) is 1. The zero-order chi connectivity index (χ0) is 26.5. The number of hydrogen-bond acceptors (Lipinski definition) is 6. The summed E-state index contributed by atoms with van der Waals surface area (Å²) in [5, 5.41) is 0. The first kappa shape index (κ1) is 25.7. The van der Waals surface area contributed by atoms with E-state index in [-0.39, 0.29) is 37.4 Å². The molecule has 0 fully saturated rings. The first-order chi connectivity index (χ1) is 16.9. The molecule has 0 saturated carbocycles. The van der Waals surface area contributed by atoms with Crippen LogP contribution in [0.2, 0.25) is 0 Å². The van der Waals surface area contributed by atoms with Crippen molar-refractivity contribution in [2.45, 2.75) is 44.9 Å². The van der Waals surface area contributed by atoms with Crippen LogP contribution in [0.1, 0.15) is 66.0 Å². The van der Waals surface area contributed by atoms with Crippen LogP contribution < -0.4 is 10.5 Å². The molecule has 0 aromatic heterocycles. The molecule has 8 heteroatoms. The molecule has 0 saturated heterocycles. The number of fused-ring (bicyclic) bond motifs is 2. The smallest absolute Gasteiger partial charge is 0.353 e. The third-order valence-electron chi connectivity index (χ3n) is 7.75. The van der Waals surface area contributed by atoms with Crippen molar-refractivity contribution in [1.82, 2.24) is 4.90 Å². The lowest BCUT2D eigenvalue weighted by atomic mass is 9.75. The van der Waals surface area contributed by atoms with Crippen molar-refractivity contribution in [2.24, 2.45) is 5.73 Å².